The summed E-state index contributed by atoms with van der Waals surface area (Å²) in [7, 11) is 0. The molecule has 3 aliphatic rings. The van der Waals surface area contributed by atoms with E-state index < -0.39 is 5.54 Å². The maximum Gasteiger partial charge on any atom is 0.271 e. The van der Waals surface area contributed by atoms with Crippen LogP contribution in [0.1, 0.15) is 62.4 Å². The zero-order valence-electron chi connectivity index (χ0n) is 17.7. The number of carbonyl (C=O) groups is 2. The summed E-state index contributed by atoms with van der Waals surface area (Å²) in [4.78, 5) is 29.1. The second kappa shape index (κ2) is 7.73. The van der Waals surface area contributed by atoms with Gasteiger partial charge in [0.15, 0.2) is 0 Å². The molecular formula is C24H31N3O3. The summed E-state index contributed by atoms with van der Waals surface area (Å²) in [5.74, 6) is -0.113. The van der Waals surface area contributed by atoms with Crippen LogP contribution >= 0.6 is 0 Å². The van der Waals surface area contributed by atoms with Crippen LogP contribution in [-0.4, -0.2) is 52.1 Å². The van der Waals surface area contributed by atoms with Gasteiger partial charge >= 0.3 is 0 Å². The molecule has 0 bridgehead atoms. The lowest BCUT2D eigenvalue weighted by Crippen LogP contribution is -2.66. The van der Waals surface area contributed by atoms with E-state index >= 15 is 0 Å². The van der Waals surface area contributed by atoms with Crippen LogP contribution in [0, 0.1) is 0 Å². The topological polar surface area (TPSA) is 63.6 Å². The first-order valence-corrected chi connectivity index (χ1v) is 11.4. The van der Waals surface area contributed by atoms with Crippen LogP contribution in [0.5, 0.6) is 0 Å². The van der Waals surface area contributed by atoms with E-state index in [9.17, 15) is 9.59 Å². The molecule has 1 N–H and O–H groups in total. The molecule has 1 saturated heterocycles. The molecule has 2 unspecified atom stereocenters. The third-order valence-electron chi connectivity index (χ3n) is 7.18. The summed E-state index contributed by atoms with van der Waals surface area (Å²) in [5, 5.41) is 4.33. The van der Waals surface area contributed by atoms with Crippen molar-refractivity contribution in [3.05, 3.63) is 36.0 Å². The first-order valence-electron chi connectivity index (χ1n) is 11.4. The van der Waals surface area contributed by atoms with E-state index in [1.165, 1.54) is 6.42 Å². The highest BCUT2D eigenvalue weighted by molar-refractivity contribution is 6.03. The Kier molecular flexibility index (Phi) is 5.05. The van der Waals surface area contributed by atoms with Crippen molar-refractivity contribution in [2.75, 3.05) is 13.2 Å². The van der Waals surface area contributed by atoms with Gasteiger partial charge in [-0.3, -0.25) is 9.59 Å². The predicted octanol–water partition coefficient (Wildman–Crippen LogP) is 3.48. The number of hydrogen-bond acceptors (Lipinski definition) is 3. The molecule has 6 heteroatoms. The average molecular weight is 410 g/mol. The number of nitrogens with one attached hydrogen (secondary N) is 1. The molecule has 5 rings (SSSR count). The number of hydrogen-bond donors (Lipinski definition) is 1. The highest BCUT2D eigenvalue weighted by atomic mass is 16.5. The van der Waals surface area contributed by atoms with Crippen LogP contribution in [-0.2, 0) is 16.1 Å². The van der Waals surface area contributed by atoms with Gasteiger partial charge in [0.2, 0.25) is 5.91 Å². The van der Waals surface area contributed by atoms with Gasteiger partial charge in [-0.25, -0.2) is 0 Å². The van der Waals surface area contributed by atoms with E-state index in [2.05, 4.69) is 5.32 Å². The Morgan fingerprint density at radius 1 is 1.17 bits per heavy atom. The molecule has 6 nitrogen and oxygen atoms in total. The highest BCUT2D eigenvalue weighted by Gasteiger charge is 2.49. The Balaban J connectivity index is 1.51. The second-order valence-corrected chi connectivity index (χ2v) is 9.31. The number of carbonyl (C=O) groups excluding carboxylic acids is 2. The summed E-state index contributed by atoms with van der Waals surface area (Å²) in [6.07, 6.45) is 7.57. The molecule has 2 amide bonds. The largest absolute Gasteiger partial charge is 0.376 e. The molecule has 30 heavy (non-hydrogen) atoms. The smallest absolute Gasteiger partial charge is 0.271 e. The van der Waals surface area contributed by atoms with Crippen molar-refractivity contribution < 1.29 is 14.3 Å². The van der Waals surface area contributed by atoms with Crippen molar-refractivity contribution in [3.8, 4) is 0 Å². The fourth-order valence-electron chi connectivity index (χ4n) is 5.37. The molecule has 2 aliphatic heterocycles. The SMILES string of the molecule is CC1(C(=O)NC2CCCCC2)Cn2c(cc3ccccc32)C(=O)N1CC1CCCO1. The second-order valence-electron chi connectivity index (χ2n) is 9.31. The molecule has 160 valence electrons. The number of rotatable bonds is 4. The number of ether oxygens (including phenoxy) is 1. The van der Waals surface area contributed by atoms with Crippen molar-refractivity contribution in [2.45, 2.75) is 76.1 Å². The van der Waals surface area contributed by atoms with E-state index in [1.807, 2.05) is 41.8 Å². The minimum Gasteiger partial charge on any atom is -0.376 e. The average Bonchev–Trinajstić information content (AvgIpc) is 3.40. The van der Waals surface area contributed by atoms with Crippen LogP contribution < -0.4 is 5.32 Å². The number of fused-ring (bicyclic) bond motifs is 3. The summed E-state index contributed by atoms with van der Waals surface area (Å²) in [6, 6.07) is 10.2. The van der Waals surface area contributed by atoms with Gasteiger partial charge in [0, 0.05) is 30.1 Å². The molecule has 1 aromatic heterocycles. The number of aromatic nitrogens is 1. The van der Waals surface area contributed by atoms with Gasteiger partial charge in [0.1, 0.15) is 11.2 Å². The minimum absolute atomic E-state index is 0.00619. The Morgan fingerprint density at radius 2 is 1.97 bits per heavy atom. The van der Waals surface area contributed by atoms with Crippen molar-refractivity contribution in [1.82, 2.24) is 14.8 Å². The lowest BCUT2D eigenvalue weighted by Gasteiger charge is -2.45. The quantitative estimate of drug-likeness (QED) is 0.841. The third kappa shape index (κ3) is 3.31. The standard InChI is InChI=1S/C24H31N3O3/c1-24(23(29)25-18-9-3-2-4-10-18)16-26-20-12-6-5-8-17(20)14-21(26)22(28)27(24)15-19-11-7-13-30-19/h5-6,8,12,14,18-19H,2-4,7,9-11,13,15-16H2,1H3,(H,25,29). The maximum atomic E-state index is 13.7. The fourth-order valence-corrected chi connectivity index (χ4v) is 5.37. The van der Waals surface area contributed by atoms with Gasteiger partial charge in [0.05, 0.1) is 12.6 Å². The number of para-hydroxylation sites is 1. The first-order chi connectivity index (χ1) is 14.6. The van der Waals surface area contributed by atoms with Crippen LogP contribution in [0.3, 0.4) is 0 Å². The zero-order valence-corrected chi connectivity index (χ0v) is 17.7. The van der Waals surface area contributed by atoms with Gasteiger partial charge in [-0.15, -0.1) is 0 Å². The Labute approximate surface area is 177 Å². The molecule has 1 saturated carbocycles. The van der Waals surface area contributed by atoms with Gasteiger partial charge in [0.25, 0.3) is 5.91 Å². The first kappa shape index (κ1) is 19.6. The third-order valence-corrected chi connectivity index (χ3v) is 7.18. The van der Waals surface area contributed by atoms with E-state index in [1.54, 1.807) is 4.90 Å². The lowest BCUT2D eigenvalue weighted by molar-refractivity contribution is -0.134. The normalized spacial score (nSPS) is 27.4. The molecule has 2 fully saturated rings. The van der Waals surface area contributed by atoms with E-state index in [4.69, 9.17) is 4.74 Å². The molecule has 0 spiro atoms. The van der Waals surface area contributed by atoms with Gasteiger partial charge < -0.3 is 19.5 Å². The molecule has 2 aromatic rings. The lowest BCUT2D eigenvalue weighted by atomic mass is 9.91. The summed E-state index contributed by atoms with van der Waals surface area (Å²) < 4.78 is 7.87. The van der Waals surface area contributed by atoms with Crippen LogP contribution in [0.25, 0.3) is 10.9 Å². The molecule has 2 atom stereocenters. The van der Waals surface area contributed by atoms with Crippen molar-refractivity contribution in [3.63, 3.8) is 0 Å². The van der Waals surface area contributed by atoms with Crippen LogP contribution in [0.4, 0.5) is 0 Å². The van der Waals surface area contributed by atoms with E-state index in [0.717, 1.165) is 56.0 Å². The molecular weight excluding hydrogens is 378 g/mol. The minimum atomic E-state index is -0.935. The van der Waals surface area contributed by atoms with Gasteiger partial charge in [-0.1, -0.05) is 37.5 Å². The van der Waals surface area contributed by atoms with E-state index in [-0.39, 0.29) is 24.0 Å². The van der Waals surface area contributed by atoms with E-state index in [0.29, 0.717) is 18.8 Å². The number of nitrogens with zero attached hydrogens (tertiary/aromatic N) is 2. The Hall–Kier alpha value is -2.34. The summed E-state index contributed by atoms with van der Waals surface area (Å²) >= 11 is 0. The predicted molar refractivity (Wildman–Crippen MR) is 115 cm³/mol. The number of amides is 2. The molecule has 3 heterocycles. The molecule has 1 aliphatic carbocycles. The van der Waals surface area contributed by atoms with Crippen molar-refractivity contribution in [2.24, 2.45) is 0 Å². The van der Waals surface area contributed by atoms with Crippen LogP contribution in [0.2, 0.25) is 0 Å². The molecule has 1 aromatic carbocycles. The number of benzene rings is 1. The van der Waals surface area contributed by atoms with Crippen molar-refractivity contribution >= 4 is 22.7 Å². The monoisotopic (exact) mass is 409 g/mol. The molecule has 0 radical (unpaired) electrons. The summed E-state index contributed by atoms with van der Waals surface area (Å²) in [6.45, 7) is 3.59. The van der Waals surface area contributed by atoms with Crippen LogP contribution in [0.15, 0.2) is 30.3 Å². The Morgan fingerprint density at radius 3 is 2.73 bits per heavy atom. The zero-order chi connectivity index (χ0) is 20.7. The van der Waals surface area contributed by atoms with Gasteiger partial charge in [-0.05, 0) is 44.7 Å². The summed E-state index contributed by atoms with van der Waals surface area (Å²) in [5.41, 5.74) is 0.737. The fraction of sp³-hybridized carbons (Fsp3) is 0.583. The van der Waals surface area contributed by atoms with Gasteiger partial charge in [-0.2, -0.15) is 0 Å². The maximum absolute atomic E-state index is 13.7. The highest BCUT2D eigenvalue weighted by Crippen LogP contribution is 2.34. The Bertz CT molecular complexity index is 956. The van der Waals surface area contributed by atoms with Crippen molar-refractivity contribution in [1.29, 1.82) is 0 Å².